The van der Waals surface area contributed by atoms with Gasteiger partial charge < -0.3 is 10.1 Å². The van der Waals surface area contributed by atoms with Gasteiger partial charge >= 0.3 is 0 Å². The predicted octanol–water partition coefficient (Wildman–Crippen LogP) is 2.12. The molecule has 1 aliphatic carbocycles. The van der Waals surface area contributed by atoms with Crippen molar-refractivity contribution in [2.24, 2.45) is 5.92 Å². The molecule has 1 atom stereocenters. The zero-order chi connectivity index (χ0) is 16.4. The van der Waals surface area contributed by atoms with Crippen molar-refractivity contribution in [3.8, 4) is 0 Å². The number of hydrogen-bond acceptors (Lipinski definition) is 4. The van der Waals surface area contributed by atoms with Crippen molar-refractivity contribution in [2.45, 2.75) is 56.8 Å². The lowest BCUT2D eigenvalue weighted by Crippen LogP contribution is -2.45. The summed E-state index contributed by atoms with van der Waals surface area (Å²) in [7, 11) is 0. The van der Waals surface area contributed by atoms with Gasteiger partial charge in [0.1, 0.15) is 6.10 Å². The maximum Gasteiger partial charge on any atom is 0.249 e. The zero-order valence-electron chi connectivity index (χ0n) is 14.2. The molecule has 2 aliphatic heterocycles. The van der Waals surface area contributed by atoms with Crippen LogP contribution in [0.5, 0.6) is 0 Å². The third kappa shape index (κ3) is 3.78. The quantitative estimate of drug-likeness (QED) is 0.899. The van der Waals surface area contributed by atoms with Gasteiger partial charge in [-0.1, -0.05) is 6.07 Å². The third-order valence-electron chi connectivity index (χ3n) is 5.70. The molecule has 2 saturated heterocycles. The summed E-state index contributed by atoms with van der Waals surface area (Å²) >= 11 is 0. The van der Waals surface area contributed by atoms with Gasteiger partial charge in [-0.3, -0.25) is 14.7 Å². The molecule has 1 amide bonds. The predicted molar refractivity (Wildman–Crippen MR) is 91.3 cm³/mol. The van der Waals surface area contributed by atoms with Gasteiger partial charge in [-0.15, -0.1) is 0 Å². The fraction of sp³-hybridized carbons (Fsp3) is 0.684. The van der Waals surface area contributed by atoms with Crippen LogP contribution in [0.4, 0.5) is 0 Å². The minimum absolute atomic E-state index is 0.0625. The van der Waals surface area contributed by atoms with Gasteiger partial charge in [0.05, 0.1) is 5.60 Å². The van der Waals surface area contributed by atoms with Crippen LogP contribution in [0.15, 0.2) is 24.5 Å². The first-order chi connectivity index (χ1) is 11.7. The van der Waals surface area contributed by atoms with Crippen LogP contribution >= 0.6 is 0 Å². The number of rotatable bonds is 5. The SMILES string of the molecule is O=C(NCC1CC1)[C@@H]1CCC2(CCN(Cc3cccnc3)CC2)O1. The number of piperidine rings is 1. The second-order valence-corrected chi connectivity index (χ2v) is 7.65. The lowest BCUT2D eigenvalue weighted by Gasteiger charge is -2.39. The van der Waals surface area contributed by atoms with Gasteiger partial charge in [-0.25, -0.2) is 0 Å². The Morgan fingerprint density at radius 1 is 1.29 bits per heavy atom. The number of nitrogens with one attached hydrogen (secondary N) is 1. The highest BCUT2D eigenvalue weighted by Gasteiger charge is 2.44. The molecule has 1 aromatic rings. The average molecular weight is 329 g/mol. The Morgan fingerprint density at radius 2 is 2.12 bits per heavy atom. The fourth-order valence-corrected chi connectivity index (χ4v) is 3.92. The summed E-state index contributed by atoms with van der Waals surface area (Å²) in [4.78, 5) is 18.9. The molecule has 4 rings (SSSR count). The zero-order valence-corrected chi connectivity index (χ0v) is 14.2. The maximum atomic E-state index is 12.3. The number of aromatic nitrogens is 1. The van der Waals surface area contributed by atoms with E-state index in [9.17, 15) is 4.79 Å². The van der Waals surface area contributed by atoms with Crippen LogP contribution in [0.3, 0.4) is 0 Å². The summed E-state index contributed by atoms with van der Waals surface area (Å²) in [6.07, 6.45) is 10.0. The number of carbonyl (C=O) groups excluding carboxylic acids is 1. The highest BCUT2D eigenvalue weighted by molar-refractivity contribution is 5.81. The largest absolute Gasteiger partial charge is 0.362 e. The molecular weight excluding hydrogens is 302 g/mol. The molecule has 3 heterocycles. The second kappa shape index (κ2) is 6.81. The summed E-state index contributed by atoms with van der Waals surface area (Å²) in [5, 5.41) is 3.07. The molecule has 0 unspecified atom stereocenters. The van der Waals surface area contributed by atoms with E-state index in [0.717, 1.165) is 57.8 Å². The van der Waals surface area contributed by atoms with Crippen molar-refractivity contribution < 1.29 is 9.53 Å². The van der Waals surface area contributed by atoms with Crippen LogP contribution in [-0.4, -0.2) is 47.1 Å². The smallest absolute Gasteiger partial charge is 0.249 e. The second-order valence-electron chi connectivity index (χ2n) is 7.65. The van der Waals surface area contributed by atoms with Crippen molar-refractivity contribution >= 4 is 5.91 Å². The van der Waals surface area contributed by atoms with Gasteiger partial charge in [-0.2, -0.15) is 0 Å². The molecule has 1 saturated carbocycles. The monoisotopic (exact) mass is 329 g/mol. The van der Waals surface area contributed by atoms with Crippen molar-refractivity contribution in [2.75, 3.05) is 19.6 Å². The third-order valence-corrected chi connectivity index (χ3v) is 5.70. The first-order valence-electron chi connectivity index (χ1n) is 9.29. The fourth-order valence-electron chi connectivity index (χ4n) is 3.92. The topological polar surface area (TPSA) is 54.5 Å². The van der Waals surface area contributed by atoms with Gasteiger partial charge in [0.2, 0.25) is 5.91 Å². The molecule has 24 heavy (non-hydrogen) atoms. The highest BCUT2D eigenvalue weighted by Crippen LogP contribution is 2.39. The van der Waals surface area contributed by atoms with Gasteiger partial charge in [0.25, 0.3) is 0 Å². The van der Waals surface area contributed by atoms with E-state index in [2.05, 4.69) is 21.3 Å². The first kappa shape index (κ1) is 16.0. The van der Waals surface area contributed by atoms with Gasteiger partial charge in [-0.05, 0) is 56.1 Å². The van der Waals surface area contributed by atoms with Crippen LogP contribution in [-0.2, 0) is 16.1 Å². The minimum Gasteiger partial charge on any atom is -0.362 e. The van der Waals surface area contributed by atoms with E-state index in [0.29, 0.717) is 0 Å². The number of carbonyl (C=O) groups is 1. The van der Waals surface area contributed by atoms with Gasteiger partial charge in [0, 0.05) is 38.6 Å². The Bertz CT molecular complexity index is 565. The van der Waals surface area contributed by atoms with Gasteiger partial charge in [0.15, 0.2) is 0 Å². The standard InChI is InChI=1S/C19H27N3O2/c23-18(21-13-15-3-4-15)17-5-6-19(24-17)7-10-22(11-8-19)14-16-2-1-9-20-12-16/h1-2,9,12,15,17H,3-8,10-11,13-14H2,(H,21,23)/t17-/m0/s1. The molecule has 1 N–H and O–H groups in total. The average Bonchev–Trinajstić information content (AvgIpc) is 3.36. The lowest BCUT2D eigenvalue weighted by atomic mass is 9.88. The van der Waals surface area contributed by atoms with Crippen molar-refractivity contribution in [1.82, 2.24) is 15.2 Å². The number of likely N-dealkylation sites (tertiary alicyclic amines) is 1. The molecular formula is C19H27N3O2. The van der Waals surface area contributed by atoms with Crippen molar-refractivity contribution in [1.29, 1.82) is 0 Å². The maximum absolute atomic E-state index is 12.3. The summed E-state index contributed by atoms with van der Waals surface area (Å²) in [5.41, 5.74) is 1.20. The Labute approximate surface area is 143 Å². The van der Waals surface area contributed by atoms with Crippen LogP contribution < -0.4 is 5.32 Å². The van der Waals surface area contributed by atoms with Crippen molar-refractivity contribution in [3.05, 3.63) is 30.1 Å². The Hall–Kier alpha value is -1.46. The van der Waals surface area contributed by atoms with Crippen LogP contribution in [0.1, 0.15) is 44.1 Å². The highest BCUT2D eigenvalue weighted by atomic mass is 16.5. The Kier molecular flexibility index (Phi) is 4.55. The molecule has 3 fully saturated rings. The summed E-state index contributed by atoms with van der Waals surface area (Å²) in [6.45, 7) is 3.86. The van der Waals surface area contributed by atoms with E-state index >= 15 is 0 Å². The molecule has 130 valence electrons. The van der Waals surface area contributed by atoms with E-state index < -0.39 is 0 Å². The minimum atomic E-state index is -0.228. The molecule has 5 nitrogen and oxygen atoms in total. The number of amides is 1. The number of hydrogen-bond donors (Lipinski definition) is 1. The van der Waals surface area contributed by atoms with Crippen molar-refractivity contribution in [3.63, 3.8) is 0 Å². The van der Waals surface area contributed by atoms with E-state index in [4.69, 9.17) is 4.74 Å². The molecule has 1 spiro atoms. The van der Waals surface area contributed by atoms with Crippen LogP contribution in [0.25, 0.3) is 0 Å². The van der Waals surface area contributed by atoms with E-state index in [1.165, 1.54) is 18.4 Å². The Balaban J connectivity index is 1.25. The van der Waals surface area contributed by atoms with E-state index in [1.54, 1.807) is 0 Å². The summed E-state index contributed by atoms with van der Waals surface area (Å²) in [6, 6.07) is 4.12. The summed E-state index contributed by atoms with van der Waals surface area (Å²) in [5.74, 6) is 0.830. The molecule has 0 radical (unpaired) electrons. The molecule has 3 aliphatic rings. The lowest BCUT2D eigenvalue weighted by molar-refractivity contribution is -0.140. The molecule has 1 aromatic heterocycles. The van der Waals surface area contributed by atoms with Crippen LogP contribution in [0, 0.1) is 5.92 Å². The molecule has 5 heteroatoms. The molecule has 0 aromatic carbocycles. The van der Waals surface area contributed by atoms with E-state index in [-0.39, 0.29) is 17.6 Å². The first-order valence-corrected chi connectivity index (χ1v) is 9.29. The normalized spacial score (nSPS) is 26.6. The van der Waals surface area contributed by atoms with E-state index in [1.807, 2.05) is 18.5 Å². The number of nitrogens with zero attached hydrogens (tertiary/aromatic N) is 2. The van der Waals surface area contributed by atoms with Crippen LogP contribution in [0.2, 0.25) is 0 Å². The number of pyridine rings is 1. The number of ether oxygens (including phenoxy) is 1. The summed E-state index contributed by atoms with van der Waals surface area (Å²) < 4.78 is 6.25. The molecule has 0 bridgehead atoms. The Morgan fingerprint density at radius 3 is 2.83 bits per heavy atom.